The Bertz CT molecular complexity index is 1470. The van der Waals surface area contributed by atoms with Crippen LogP contribution in [0.15, 0.2) is 42.7 Å². The van der Waals surface area contributed by atoms with Gasteiger partial charge in [-0.2, -0.15) is 18.3 Å². The number of aryl methyl sites for hydroxylation is 2. The minimum atomic E-state index is -4.67. The zero-order chi connectivity index (χ0) is 26.9. The summed E-state index contributed by atoms with van der Waals surface area (Å²) in [5.41, 5.74) is 2.52. The first-order valence-electron chi connectivity index (χ1n) is 11.2. The molecule has 4 rings (SSSR count). The summed E-state index contributed by atoms with van der Waals surface area (Å²) < 4.78 is 59.7. The van der Waals surface area contributed by atoms with Gasteiger partial charge in [0, 0.05) is 16.6 Å². The molecule has 0 aliphatic carbocycles. The van der Waals surface area contributed by atoms with Crippen molar-refractivity contribution in [3.8, 4) is 11.4 Å². The highest BCUT2D eigenvalue weighted by Gasteiger charge is 2.32. The van der Waals surface area contributed by atoms with Crippen LogP contribution in [0.4, 0.5) is 17.6 Å². The van der Waals surface area contributed by atoms with E-state index < -0.39 is 30.4 Å². The van der Waals surface area contributed by atoms with Crippen molar-refractivity contribution in [2.45, 2.75) is 46.0 Å². The van der Waals surface area contributed by atoms with Crippen LogP contribution in [-0.2, 0) is 11.4 Å². The fraction of sp³-hybridized carbons (Fsp3) is 0.280. The molecule has 2 aromatic heterocycles. The Morgan fingerprint density at radius 2 is 1.97 bits per heavy atom. The number of amides is 1. The van der Waals surface area contributed by atoms with Gasteiger partial charge in [0.1, 0.15) is 42.3 Å². The lowest BCUT2D eigenvalue weighted by molar-refractivity contribution is -0.154. The van der Waals surface area contributed by atoms with E-state index in [4.69, 9.17) is 16.3 Å². The van der Waals surface area contributed by atoms with E-state index in [1.54, 1.807) is 16.8 Å². The summed E-state index contributed by atoms with van der Waals surface area (Å²) in [7, 11) is 0. The third kappa shape index (κ3) is 5.99. The Balaban J connectivity index is 1.67. The molecule has 1 amide bonds. The number of hydrogen-bond acceptors (Lipinski definition) is 5. The molecule has 0 bridgehead atoms. The molecular formula is C25H22ClF4N5O2. The molecule has 1 atom stereocenters. The largest absolute Gasteiger partial charge is 0.487 e. The number of nitrogens with one attached hydrogen (secondary N) is 1. The van der Waals surface area contributed by atoms with Crippen LogP contribution < -0.4 is 10.1 Å². The zero-order valence-electron chi connectivity index (χ0n) is 20.0. The first kappa shape index (κ1) is 26.3. The van der Waals surface area contributed by atoms with Crippen molar-refractivity contribution in [2.75, 3.05) is 0 Å². The highest BCUT2D eigenvalue weighted by molar-refractivity contribution is 6.31. The van der Waals surface area contributed by atoms with Crippen LogP contribution in [0.3, 0.4) is 0 Å². The lowest BCUT2D eigenvalue weighted by Gasteiger charge is -2.20. The molecule has 2 heterocycles. The normalized spacial score (nSPS) is 12.5. The number of rotatable bonds is 7. The van der Waals surface area contributed by atoms with Gasteiger partial charge in [-0.3, -0.25) is 4.79 Å². The number of aromatic nitrogens is 4. The summed E-state index contributed by atoms with van der Waals surface area (Å²) in [6, 6.07) is 8.44. The number of carbonyl (C=O) groups excluding carboxylic acids is 1. The standard InChI is InChI=1S/C25H22ClF4N5O2/c1-13-7-21(35-15(3)31-12-32-35)17-5-4-6-22(24(17)33-13)37-11-19-18(8-16(27)9-20(19)26)14(2)34-23(36)10-25(28,29)30/h4-9,12,14H,10-11H2,1-3H3,(H,34,36)/t14-/m0/s1. The molecule has 0 spiro atoms. The molecule has 0 unspecified atom stereocenters. The summed E-state index contributed by atoms with van der Waals surface area (Å²) in [6.45, 7) is 4.94. The van der Waals surface area contributed by atoms with Crippen LogP contribution in [0.2, 0.25) is 5.02 Å². The number of halogens is 5. The second-order valence-electron chi connectivity index (χ2n) is 8.48. The third-order valence-electron chi connectivity index (χ3n) is 5.63. The summed E-state index contributed by atoms with van der Waals surface area (Å²) in [5.74, 6) is -0.851. The monoisotopic (exact) mass is 535 g/mol. The van der Waals surface area contributed by atoms with Crippen LogP contribution in [0.25, 0.3) is 16.6 Å². The number of fused-ring (bicyclic) bond motifs is 1. The Hall–Kier alpha value is -3.73. The smallest absolute Gasteiger partial charge is 0.397 e. The fourth-order valence-electron chi connectivity index (χ4n) is 4.02. The summed E-state index contributed by atoms with van der Waals surface area (Å²) >= 11 is 6.29. The Labute approximate surface area is 214 Å². The molecule has 0 fully saturated rings. The maximum absolute atomic E-state index is 14.2. The van der Waals surface area contributed by atoms with Gasteiger partial charge in [0.25, 0.3) is 0 Å². The lowest BCUT2D eigenvalue weighted by atomic mass is 10.0. The van der Waals surface area contributed by atoms with Gasteiger partial charge in [-0.1, -0.05) is 23.7 Å². The number of carbonyl (C=O) groups is 1. The van der Waals surface area contributed by atoms with Crippen LogP contribution in [0.1, 0.15) is 42.0 Å². The molecule has 12 heteroatoms. The molecule has 194 valence electrons. The van der Waals surface area contributed by atoms with Gasteiger partial charge >= 0.3 is 6.18 Å². The Morgan fingerprint density at radius 3 is 2.65 bits per heavy atom. The predicted octanol–water partition coefficient (Wildman–Crippen LogP) is 5.93. The van der Waals surface area contributed by atoms with Gasteiger partial charge in [-0.25, -0.2) is 19.0 Å². The number of ether oxygens (including phenoxy) is 1. The van der Waals surface area contributed by atoms with Crippen LogP contribution in [0, 0.1) is 19.7 Å². The molecule has 0 radical (unpaired) electrons. The Kier molecular flexibility index (Phi) is 7.35. The second kappa shape index (κ2) is 10.3. The number of nitrogens with zero attached hydrogens (tertiary/aromatic N) is 4. The summed E-state index contributed by atoms with van der Waals surface area (Å²) in [4.78, 5) is 20.6. The van der Waals surface area contributed by atoms with Gasteiger partial charge in [-0.05, 0) is 50.6 Å². The topological polar surface area (TPSA) is 81.9 Å². The zero-order valence-corrected chi connectivity index (χ0v) is 20.8. The van der Waals surface area contributed by atoms with Crippen molar-refractivity contribution < 1.29 is 27.1 Å². The van der Waals surface area contributed by atoms with E-state index >= 15 is 0 Å². The van der Waals surface area contributed by atoms with Crippen molar-refractivity contribution >= 4 is 28.4 Å². The molecule has 4 aromatic rings. The van der Waals surface area contributed by atoms with Crippen LogP contribution in [0.5, 0.6) is 5.75 Å². The first-order chi connectivity index (χ1) is 17.4. The van der Waals surface area contributed by atoms with E-state index in [1.807, 2.05) is 26.0 Å². The van der Waals surface area contributed by atoms with Crippen LogP contribution >= 0.6 is 11.6 Å². The molecule has 0 saturated carbocycles. The maximum Gasteiger partial charge on any atom is 0.397 e. The molecule has 1 N–H and O–H groups in total. The minimum Gasteiger partial charge on any atom is -0.487 e. The van der Waals surface area contributed by atoms with Gasteiger partial charge in [0.2, 0.25) is 5.91 Å². The van der Waals surface area contributed by atoms with Gasteiger partial charge < -0.3 is 10.1 Å². The van der Waals surface area contributed by atoms with Crippen molar-refractivity contribution in [3.05, 3.63) is 76.2 Å². The number of pyridine rings is 1. The second-order valence-corrected chi connectivity index (χ2v) is 8.89. The molecule has 37 heavy (non-hydrogen) atoms. The van der Waals surface area contributed by atoms with Crippen molar-refractivity contribution in [1.82, 2.24) is 25.1 Å². The third-order valence-corrected chi connectivity index (χ3v) is 5.96. The molecule has 7 nitrogen and oxygen atoms in total. The summed E-state index contributed by atoms with van der Waals surface area (Å²) in [6.07, 6.45) is -4.87. The minimum absolute atomic E-state index is 0.00947. The van der Waals surface area contributed by atoms with Crippen molar-refractivity contribution in [3.63, 3.8) is 0 Å². The molecular weight excluding hydrogens is 514 g/mol. The predicted molar refractivity (Wildman–Crippen MR) is 129 cm³/mol. The van der Waals surface area contributed by atoms with Crippen molar-refractivity contribution in [2.24, 2.45) is 0 Å². The van der Waals surface area contributed by atoms with E-state index in [9.17, 15) is 22.4 Å². The van der Waals surface area contributed by atoms with E-state index in [0.29, 0.717) is 28.3 Å². The Morgan fingerprint density at radius 1 is 1.22 bits per heavy atom. The lowest BCUT2D eigenvalue weighted by Crippen LogP contribution is -2.31. The SMILES string of the molecule is Cc1cc(-n2ncnc2C)c2cccc(OCc3c(Cl)cc(F)cc3[C@H](C)NC(=O)CC(F)(F)F)c2n1. The highest BCUT2D eigenvalue weighted by Crippen LogP contribution is 2.33. The highest BCUT2D eigenvalue weighted by atomic mass is 35.5. The number of benzene rings is 2. The van der Waals surface area contributed by atoms with E-state index in [-0.39, 0.29) is 17.2 Å². The van der Waals surface area contributed by atoms with E-state index in [0.717, 1.165) is 23.2 Å². The fourth-order valence-corrected chi connectivity index (χ4v) is 4.29. The summed E-state index contributed by atoms with van der Waals surface area (Å²) in [5, 5.41) is 7.27. The first-order valence-corrected chi connectivity index (χ1v) is 11.5. The van der Waals surface area contributed by atoms with Gasteiger partial charge in [-0.15, -0.1) is 0 Å². The number of hydrogen-bond donors (Lipinski definition) is 1. The molecule has 0 saturated heterocycles. The van der Waals surface area contributed by atoms with E-state index in [2.05, 4.69) is 20.4 Å². The molecule has 0 aliphatic heterocycles. The van der Waals surface area contributed by atoms with Gasteiger partial charge in [0.05, 0.1) is 16.8 Å². The van der Waals surface area contributed by atoms with Gasteiger partial charge in [0.15, 0.2) is 0 Å². The number of alkyl halides is 3. The maximum atomic E-state index is 14.2. The molecule has 2 aromatic carbocycles. The van der Waals surface area contributed by atoms with Crippen molar-refractivity contribution in [1.29, 1.82) is 0 Å². The number of para-hydroxylation sites is 1. The quantitative estimate of drug-likeness (QED) is 0.296. The van der Waals surface area contributed by atoms with E-state index in [1.165, 1.54) is 13.3 Å². The average molecular weight is 536 g/mol. The average Bonchev–Trinajstić information content (AvgIpc) is 3.21. The van der Waals surface area contributed by atoms with Crippen LogP contribution in [-0.4, -0.2) is 31.8 Å². The molecule has 0 aliphatic rings.